The summed E-state index contributed by atoms with van der Waals surface area (Å²) < 4.78 is 1.00. The van der Waals surface area contributed by atoms with Crippen molar-refractivity contribution < 1.29 is 19.8 Å². The van der Waals surface area contributed by atoms with Gasteiger partial charge in [0.2, 0.25) is 0 Å². The molecular weight excluding hydrogens is 386 g/mol. The molecule has 154 valence electrons. The number of amides is 1. The quantitative estimate of drug-likeness (QED) is 0.422. The minimum Gasteiger partial charge on any atom is -0.508 e. The van der Waals surface area contributed by atoms with E-state index in [1.54, 1.807) is 12.1 Å². The second-order valence-corrected chi connectivity index (χ2v) is 9.23. The lowest BCUT2D eigenvalue weighted by molar-refractivity contribution is -0.137. The van der Waals surface area contributed by atoms with Crippen LogP contribution in [0.4, 0.5) is 0 Å². The van der Waals surface area contributed by atoms with Crippen LogP contribution < -0.4 is 5.32 Å². The molecule has 1 aromatic heterocycles. The van der Waals surface area contributed by atoms with Crippen molar-refractivity contribution in [2.45, 2.75) is 51.0 Å². The topological polar surface area (TPSA) is 86.6 Å². The molecule has 2 saturated carbocycles. The summed E-state index contributed by atoms with van der Waals surface area (Å²) >= 11 is 1.52. The number of carbonyl (C=O) groups excluding carboxylic acids is 1. The molecular formula is C23H27NO4S. The van der Waals surface area contributed by atoms with E-state index in [9.17, 15) is 14.7 Å². The molecule has 0 saturated heterocycles. The number of carbonyl (C=O) groups is 2. The first kappa shape index (κ1) is 20.0. The number of thiophene rings is 1. The Morgan fingerprint density at radius 3 is 2.86 bits per heavy atom. The van der Waals surface area contributed by atoms with E-state index in [0.29, 0.717) is 29.7 Å². The minimum absolute atomic E-state index is 0.0464. The fourth-order valence-corrected chi connectivity index (χ4v) is 6.06. The number of rotatable bonds is 8. The molecule has 0 spiro atoms. The molecule has 1 amide bonds. The van der Waals surface area contributed by atoms with Crippen LogP contribution in [-0.4, -0.2) is 28.1 Å². The molecule has 2 fully saturated rings. The number of aliphatic carboxylic acids is 1. The Balaban J connectivity index is 1.41. The smallest absolute Gasteiger partial charge is 0.303 e. The first-order chi connectivity index (χ1) is 14.0. The van der Waals surface area contributed by atoms with Gasteiger partial charge in [0.1, 0.15) is 5.75 Å². The SMILES string of the molecule is O=C(O)CCC/C=C\C[C@@H]1[C@H]2CC[C@H](C2)[C@H]1NC(=O)c1csc2ccc(O)cc12. The average Bonchev–Trinajstić information content (AvgIpc) is 3.39. The van der Waals surface area contributed by atoms with Crippen molar-refractivity contribution >= 4 is 33.3 Å². The number of hydrogen-bond acceptors (Lipinski definition) is 4. The molecule has 2 aromatic rings. The van der Waals surface area contributed by atoms with Crippen LogP contribution in [0.1, 0.15) is 55.3 Å². The number of allylic oxidation sites excluding steroid dienone is 2. The molecule has 0 unspecified atom stereocenters. The molecule has 0 aliphatic heterocycles. The van der Waals surface area contributed by atoms with Crippen LogP contribution in [0.5, 0.6) is 5.75 Å². The maximum absolute atomic E-state index is 13.0. The van der Waals surface area contributed by atoms with Crippen molar-refractivity contribution in [2.24, 2.45) is 17.8 Å². The Labute approximate surface area is 174 Å². The summed E-state index contributed by atoms with van der Waals surface area (Å²) in [5.41, 5.74) is 0.645. The number of benzene rings is 1. The van der Waals surface area contributed by atoms with E-state index in [2.05, 4.69) is 17.5 Å². The molecule has 2 aliphatic carbocycles. The molecule has 3 N–H and O–H groups in total. The number of carboxylic acid groups (broad SMARTS) is 1. The number of phenols is 1. The van der Waals surface area contributed by atoms with Gasteiger partial charge in [0.05, 0.1) is 5.56 Å². The molecule has 1 heterocycles. The second-order valence-electron chi connectivity index (χ2n) is 8.32. The molecule has 1 aromatic carbocycles. The van der Waals surface area contributed by atoms with Crippen LogP contribution in [0.3, 0.4) is 0 Å². The van der Waals surface area contributed by atoms with E-state index >= 15 is 0 Å². The van der Waals surface area contributed by atoms with Gasteiger partial charge in [0.25, 0.3) is 5.91 Å². The zero-order valence-corrected chi connectivity index (χ0v) is 17.2. The highest BCUT2D eigenvalue weighted by Gasteiger charge is 2.47. The number of phenolic OH excluding ortho intramolecular Hbond substituents is 1. The largest absolute Gasteiger partial charge is 0.508 e. The molecule has 6 heteroatoms. The molecule has 29 heavy (non-hydrogen) atoms. The predicted molar refractivity (Wildman–Crippen MR) is 114 cm³/mol. The third-order valence-corrected chi connectivity index (χ3v) is 7.49. The molecule has 4 rings (SSSR count). The lowest BCUT2D eigenvalue weighted by Crippen LogP contribution is -2.43. The van der Waals surface area contributed by atoms with E-state index < -0.39 is 5.97 Å². The third kappa shape index (κ3) is 4.32. The average molecular weight is 414 g/mol. The van der Waals surface area contributed by atoms with Crippen LogP contribution in [0.2, 0.25) is 0 Å². The summed E-state index contributed by atoms with van der Waals surface area (Å²) in [6.45, 7) is 0. The normalized spacial score (nSPS) is 25.8. The Morgan fingerprint density at radius 2 is 2.03 bits per heavy atom. The standard InChI is InChI=1S/C23H27NO4S/c25-16-9-10-20-18(12-16)19(13-29-20)23(28)24-22-15-8-7-14(11-15)17(22)5-3-1-2-4-6-21(26)27/h1,3,9-10,12-15,17,22,25H,2,4-8,11H2,(H,24,28)(H,26,27)/b3-1-/t14-,15+,17+,22+/m0/s1. The van der Waals surface area contributed by atoms with Crippen molar-refractivity contribution in [2.75, 3.05) is 0 Å². The number of carboxylic acids is 1. The summed E-state index contributed by atoms with van der Waals surface area (Å²) in [6.07, 6.45) is 10.5. The van der Waals surface area contributed by atoms with Crippen LogP contribution in [0, 0.1) is 17.8 Å². The van der Waals surface area contributed by atoms with Gasteiger partial charge < -0.3 is 15.5 Å². The van der Waals surface area contributed by atoms with Gasteiger partial charge >= 0.3 is 5.97 Å². The van der Waals surface area contributed by atoms with Gasteiger partial charge in [-0.15, -0.1) is 11.3 Å². The van der Waals surface area contributed by atoms with Gasteiger partial charge in [0, 0.05) is 27.9 Å². The highest BCUT2D eigenvalue weighted by atomic mass is 32.1. The fraction of sp³-hybridized carbons (Fsp3) is 0.478. The third-order valence-electron chi connectivity index (χ3n) is 6.52. The summed E-state index contributed by atoms with van der Waals surface area (Å²) in [4.78, 5) is 23.6. The molecule has 0 radical (unpaired) electrons. The Hall–Kier alpha value is -2.34. The lowest BCUT2D eigenvalue weighted by atomic mass is 9.82. The number of aromatic hydroxyl groups is 1. The molecule has 2 bridgehead atoms. The number of unbranched alkanes of at least 4 members (excludes halogenated alkanes) is 1. The first-order valence-corrected chi connectivity index (χ1v) is 11.3. The van der Waals surface area contributed by atoms with Gasteiger partial charge in [-0.05, 0) is 74.5 Å². The van der Waals surface area contributed by atoms with E-state index in [4.69, 9.17) is 5.11 Å². The maximum Gasteiger partial charge on any atom is 0.303 e. The Bertz CT molecular complexity index is 934. The van der Waals surface area contributed by atoms with Crippen molar-refractivity contribution in [1.82, 2.24) is 5.32 Å². The summed E-state index contributed by atoms with van der Waals surface area (Å²) in [6, 6.07) is 5.35. The van der Waals surface area contributed by atoms with E-state index in [0.717, 1.165) is 22.9 Å². The van der Waals surface area contributed by atoms with Crippen LogP contribution in [-0.2, 0) is 4.79 Å². The van der Waals surface area contributed by atoms with Crippen molar-refractivity contribution in [1.29, 1.82) is 0 Å². The van der Waals surface area contributed by atoms with E-state index in [1.807, 2.05) is 11.4 Å². The number of hydrogen-bond donors (Lipinski definition) is 3. The van der Waals surface area contributed by atoms with Gasteiger partial charge in [-0.2, -0.15) is 0 Å². The number of nitrogens with one attached hydrogen (secondary N) is 1. The van der Waals surface area contributed by atoms with Crippen LogP contribution in [0.25, 0.3) is 10.1 Å². The maximum atomic E-state index is 13.0. The Kier molecular flexibility index (Phi) is 5.90. The molecule has 5 nitrogen and oxygen atoms in total. The zero-order valence-electron chi connectivity index (χ0n) is 16.3. The molecule has 2 aliphatic rings. The first-order valence-electron chi connectivity index (χ1n) is 10.4. The van der Waals surface area contributed by atoms with Crippen LogP contribution in [0.15, 0.2) is 35.7 Å². The predicted octanol–water partition coefficient (Wildman–Crippen LogP) is 4.95. The van der Waals surface area contributed by atoms with Gasteiger partial charge in [-0.25, -0.2) is 0 Å². The van der Waals surface area contributed by atoms with Crippen molar-refractivity contribution in [3.63, 3.8) is 0 Å². The van der Waals surface area contributed by atoms with E-state index in [1.165, 1.54) is 30.6 Å². The summed E-state index contributed by atoms with van der Waals surface area (Å²) in [7, 11) is 0. The monoisotopic (exact) mass is 413 g/mol. The van der Waals surface area contributed by atoms with Crippen molar-refractivity contribution in [3.8, 4) is 5.75 Å². The van der Waals surface area contributed by atoms with Gasteiger partial charge in [-0.3, -0.25) is 9.59 Å². The summed E-state index contributed by atoms with van der Waals surface area (Å²) in [5.74, 6) is 1.05. The minimum atomic E-state index is -0.747. The second kappa shape index (κ2) is 8.57. The Morgan fingerprint density at radius 1 is 1.21 bits per heavy atom. The van der Waals surface area contributed by atoms with Crippen LogP contribution >= 0.6 is 11.3 Å². The van der Waals surface area contributed by atoms with E-state index in [-0.39, 0.29) is 24.1 Å². The highest BCUT2D eigenvalue weighted by Crippen LogP contribution is 2.50. The summed E-state index contributed by atoms with van der Waals surface area (Å²) in [5, 5.41) is 24.5. The van der Waals surface area contributed by atoms with Crippen molar-refractivity contribution in [3.05, 3.63) is 41.3 Å². The molecule has 4 atom stereocenters. The fourth-order valence-electron chi connectivity index (χ4n) is 5.14. The van der Waals surface area contributed by atoms with Gasteiger partial charge in [-0.1, -0.05) is 12.2 Å². The highest BCUT2D eigenvalue weighted by molar-refractivity contribution is 7.17. The number of fused-ring (bicyclic) bond motifs is 3. The van der Waals surface area contributed by atoms with Gasteiger partial charge in [0.15, 0.2) is 0 Å². The zero-order chi connectivity index (χ0) is 20.4. The lowest BCUT2D eigenvalue weighted by Gasteiger charge is -2.31.